The topological polar surface area (TPSA) is 52.1 Å². The summed E-state index contributed by atoms with van der Waals surface area (Å²) in [6.45, 7) is 10.1. The molecule has 2 aliphatic rings. The molecule has 2 fully saturated rings. The summed E-state index contributed by atoms with van der Waals surface area (Å²) < 4.78 is 5.54. The van der Waals surface area contributed by atoms with E-state index in [4.69, 9.17) is 4.74 Å². The molecular weight excluding hydrogens is 485 g/mol. The second kappa shape index (κ2) is 13.0. The van der Waals surface area contributed by atoms with Gasteiger partial charge in [0, 0.05) is 44.1 Å². The van der Waals surface area contributed by atoms with Gasteiger partial charge >= 0.3 is 0 Å². The molecule has 0 aliphatic carbocycles. The molecule has 6 nitrogen and oxygen atoms in total. The molecule has 28 heavy (non-hydrogen) atoms. The van der Waals surface area contributed by atoms with Crippen molar-refractivity contribution < 1.29 is 4.74 Å². The Morgan fingerprint density at radius 3 is 2.79 bits per heavy atom. The number of nitrogens with zero attached hydrogens (tertiary/aromatic N) is 3. The number of nitrogens with one attached hydrogen (secondary N) is 2. The van der Waals surface area contributed by atoms with Crippen molar-refractivity contribution in [3.8, 4) is 0 Å². The first-order chi connectivity index (χ1) is 13.3. The predicted molar refractivity (Wildman–Crippen MR) is 129 cm³/mol. The zero-order chi connectivity index (χ0) is 18.9. The molecule has 0 bridgehead atoms. The summed E-state index contributed by atoms with van der Waals surface area (Å²) in [7, 11) is 1.86. The Labute approximate surface area is 191 Å². The Morgan fingerprint density at radius 2 is 2.11 bits per heavy atom. The predicted octanol–water partition coefficient (Wildman–Crippen LogP) is 2.78. The van der Waals surface area contributed by atoms with Crippen LogP contribution in [0.15, 0.2) is 22.5 Å². The quantitative estimate of drug-likeness (QED) is 0.329. The van der Waals surface area contributed by atoms with E-state index in [1.807, 2.05) is 18.4 Å². The standard InChI is InChI=1S/C20H35N5OS.HI/c1-3-24-9-5-4-7-17(24)15-22-20(21-2)23-16-18(19-8-6-14-27-19)25-10-12-26-13-11-25;/h6,8,14,17-18H,3-5,7,9-13,15-16H2,1-2H3,(H2,21,22,23);1H. The van der Waals surface area contributed by atoms with E-state index in [1.165, 1.54) is 30.7 Å². The molecule has 1 aromatic rings. The monoisotopic (exact) mass is 521 g/mol. The van der Waals surface area contributed by atoms with Crippen molar-refractivity contribution in [2.75, 3.05) is 59.5 Å². The average Bonchev–Trinajstić information content (AvgIpc) is 3.26. The lowest BCUT2D eigenvalue weighted by Crippen LogP contribution is -2.50. The van der Waals surface area contributed by atoms with Gasteiger partial charge in [0.1, 0.15) is 0 Å². The Bertz CT molecular complexity index is 565. The fourth-order valence-electron chi connectivity index (χ4n) is 4.12. The SMILES string of the molecule is CCN1CCCCC1CNC(=NC)NCC(c1cccs1)N1CCOCC1.I. The number of piperidine rings is 1. The van der Waals surface area contributed by atoms with Crippen LogP contribution in [0, 0.1) is 0 Å². The summed E-state index contributed by atoms with van der Waals surface area (Å²) in [5.41, 5.74) is 0. The summed E-state index contributed by atoms with van der Waals surface area (Å²) in [5, 5.41) is 9.30. The molecule has 0 radical (unpaired) electrons. The van der Waals surface area contributed by atoms with Crippen molar-refractivity contribution in [3.63, 3.8) is 0 Å². The molecule has 2 unspecified atom stereocenters. The maximum absolute atomic E-state index is 5.54. The van der Waals surface area contributed by atoms with Gasteiger partial charge in [-0.2, -0.15) is 0 Å². The Hall–Kier alpha value is -0.420. The van der Waals surface area contributed by atoms with Crippen LogP contribution in [0.2, 0.25) is 0 Å². The van der Waals surface area contributed by atoms with Crippen molar-refractivity contribution >= 4 is 41.3 Å². The first-order valence-electron chi connectivity index (χ1n) is 10.4. The number of likely N-dealkylation sites (N-methyl/N-ethyl adjacent to an activating group) is 1. The van der Waals surface area contributed by atoms with Crippen molar-refractivity contribution in [3.05, 3.63) is 22.4 Å². The lowest BCUT2D eigenvalue weighted by atomic mass is 10.0. The van der Waals surface area contributed by atoms with Gasteiger partial charge in [0.2, 0.25) is 0 Å². The van der Waals surface area contributed by atoms with E-state index < -0.39 is 0 Å². The van der Waals surface area contributed by atoms with E-state index in [-0.39, 0.29) is 24.0 Å². The minimum absolute atomic E-state index is 0. The van der Waals surface area contributed by atoms with Crippen LogP contribution in [0.4, 0.5) is 0 Å². The van der Waals surface area contributed by atoms with Crippen molar-refractivity contribution in [2.45, 2.75) is 38.3 Å². The molecule has 2 aliphatic heterocycles. The van der Waals surface area contributed by atoms with Crippen LogP contribution >= 0.6 is 35.3 Å². The fourth-order valence-corrected chi connectivity index (χ4v) is 4.98. The van der Waals surface area contributed by atoms with E-state index in [2.05, 4.69) is 49.9 Å². The number of aliphatic imine (C=N–C) groups is 1. The van der Waals surface area contributed by atoms with Crippen molar-refractivity contribution in [1.29, 1.82) is 0 Å². The lowest BCUT2D eigenvalue weighted by molar-refractivity contribution is 0.0177. The van der Waals surface area contributed by atoms with Gasteiger partial charge in [0.25, 0.3) is 0 Å². The maximum atomic E-state index is 5.54. The molecule has 0 aromatic carbocycles. The van der Waals surface area contributed by atoms with Crippen LogP contribution < -0.4 is 10.6 Å². The third kappa shape index (κ3) is 6.83. The second-order valence-electron chi connectivity index (χ2n) is 7.29. The Kier molecular flexibility index (Phi) is 11.1. The molecule has 160 valence electrons. The number of guanidine groups is 1. The van der Waals surface area contributed by atoms with Gasteiger partial charge < -0.3 is 15.4 Å². The van der Waals surface area contributed by atoms with Crippen molar-refractivity contribution in [2.24, 2.45) is 4.99 Å². The zero-order valence-corrected chi connectivity index (χ0v) is 20.4. The van der Waals surface area contributed by atoms with Crippen LogP contribution in [0.5, 0.6) is 0 Å². The number of hydrogen-bond donors (Lipinski definition) is 2. The normalized spacial score (nSPS) is 23.1. The third-order valence-electron chi connectivity index (χ3n) is 5.70. The summed E-state index contributed by atoms with van der Waals surface area (Å²) in [6, 6.07) is 5.37. The van der Waals surface area contributed by atoms with E-state index in [9.17, 15) is 0 Å². The molecule has 8 heteroatoms. The van der Waals surface area contributed by atoms with Gasteiger partial charge in [0.05, 0.1) is 19.3 Å². The van der Waals surface area contributed by atoms with Gasteiger partial charge in [-0.3, -0.25) is 14.8 Å². The lowest BCUT2D eigenvalue weighted by Gasteiger charge is -2.36. The molecule has 2 saturated heterocycles. The van der Waals surface area contributed by atoms with E-state index in [0.717, 1.165) is 51.9 Å². The number of likely N-dealkylation sites (tertiary alicyclic amines) is 1. The smallest absolute Gasteiger partial charge is 0.191 e. The third-order valence-corrected chi connectivity index (χ3v) is 6.68. The highest BCUT2D eigenvalue weighted by Gasteiger charge is 2.24. The number of rotatable bonds is 7. The van der Waals surface area contributed by atoms with Crippen LogP contribution in [-0.2, 0) is 4.74 Å². The number of morpholine rings is 1. The highest BCUT2D eigenvalue weighted by atomic mass is 127. The highest BCUT2D eigenvalue weighted by molar-refractivity contribution is 14.0. The van der Waals surface area contributed by atoms with Crippen molar-refractivity contribution in [1.82, 2.24) is 20.4 Å². The fraction of sp³-hybridized carbons (Fsp3) is 0.750. The van der Waals surface area contributed by atoms with Gasteiger partial charge in [-0.1, -0.05) is 19.4 Å². The molecule has 3 rings (SSSR count). The van der Waals surface area contributed by atoms with E-state index in [0.29, 0.717) is 12.1 Å². The molecule has 1 aromatic heterocycles. The summed E-state index contributed by atoms with van der Waals surface area (Å²) >= 11 is 1.83. The summed E-state index contributed by atoms with van der Waals surface area (Å²) in [4.78, 5) is 11.0. The molecule has 3 heterocycles. The number of thiophene rings is 1. The van der Waals surface area contributed by atoms with Gasteiger partial charge in [0.15, 0.2) is 5.96 Å². The molecule has 0 saturated carbocycles. The van der Waals surface area contributed by atoms with Gasteiger partial charge in [-0.05, 0) is 37.4 Å². The number of ether oxygens (including phenoxy) is 1. The number of hydrogen-bond acceptors (Lipinski definition) is 5. The molecule has 0 spiro atoms. The summed E-state index contributed by atoms with van der Waals surface area (Å²) in [5.74, 6) is 0.909. The van der Waals surface area contributed by atoms with E-state index >= 15 is 0 Å². The first-order valence-corrected chi connectivity index (χ1v) is 11.2. The largest absolute Gasteiger partial charge is 0.379 e. The summed E-state index contributed by atoms with van der Waals surface area (Å²) in [6.07, 6.45) is 3.95. The molecular formula is C20H36IN5OS. The van der Waals surface area contributed by atoms with E-state index in [1.54, 1.807) is 0 Å². The maximum Gasteiger partial charge on any atom is 0.191 e. The minimum Gasteiger partial charge on any atom is -0.379 e. The van der Waals surface area contributed by atoms with Crippen LogP contribution in [0.3, 0.4) is 0 Å². The first kappa shape index (κ1) is 23.9. The zero-order valence-electron chi connectivity index (χ0n) is 17.2. The van der Waals surface area contributed by atoms with Gasteiger partial charge in [-0.15, -0.1) is 35.3 Å². The Balaban J connectivity index is 0.00000280. The van der Waals surface area contributed by atoms with Crippen LogP contribution in [0.25, 0.3) is 0 Å². The molecule has 2 atom stereocenters. The second-order valence-corrected chi connectivity index (χ2v) is 8.27. The molecule has 0 amide bonds. The molecule has 2 N–H and O–H groups in total. The highest BCUT2D eigenvalue weighted by Crippen LogP contribution is 2.25. The van der Waals surface area contributed by atoms with Crippen LogP contribution in [-0.4, -0.2) is 81.3 Å². The van der Waals surface area contributed by atoms with Crippen LogP contribution in [0.1, 0.15) is 37.1 Å². The average molecular weight is 522 g/mol. The minimum atomic E-state index is 0. The Morgan fingerprint density at radius 1 is 1.29 bits per heavy atom. The van der Waals surface area contributed by atoms with Gasteiger partial charge in [-0.25, -0.2) is 0 Å². The number of halogens is 1.